The van der Waals surface area contributed by atoms with Crippen molar-refractivity contribution in [2.45, 2.75) is 25.6 Å². The molecule has 3 rings (SSSR count). The monoisotopic (exact) mass is 365 g/mol. The van der Waals surface area contributed by atoms with Gasteiger partial charge in [-0.15, -0.1) is 0 Å². The van der Waals surface area contributed by atoms with Crippen LogP contribution in [0.5, 0.6) is 11.5 Å². The fraction of sp³-hybridized carbons (Fsp3) is 0.400. The number of ether oxygens (including phenoxy) is 2. The van der Waals surface area contributed by atoms with Crippen LogP contribution in [0.4, 0.5) is 13.2 Å². The van der Waals surface area contributed by atoms with Crippen LogP contribution < -0.4 is 9.47 Å². The van der Waals surface area contributed by atoms with Gasteiger partial charge in [0, 0.05) is 12.1 Å². The predicted molar refractivity (Wildman–Crippen MR) is 93.4 cm³/mol. The van der Waals surface area contributed by atoms with E-state index in [1.807, 2.05) is 0 Å². The third kappa shape index (κ3) is 5.14. The molecule has 1 heterocycles. The Bertz CT molecular complexity index is 695. The highest BCUT2D eigenvalue weighted by Gasteiger charge is 2.32. The maximum atomic E-state index is 13.0. The van der Waals surface area contributed by atoms with Gasteiger partial charge in [-0.2, -0.15) is 13.2 Å². The molecule has 0 aliphatic carbocycles. The van der Waals surface area contributed by atoms with E-state index in [1.54, 1.807) is 30.3 Å². The van der Waals surface area contributed by atoms with Gasteiger partial charge in [-0.05, 0) is 56.3 Å². The lowest BCUT2D eigenvalue weighted by molar-refractivity contribution is -0.138. The minimum atomic E-state index is -4.38. The smallest absolute Gasteiger partial charge is 0.416 e. The number of rotatable bonds is 7. The van der Waals surface area contributed by atoms with E-state index in [0.29, 0.717) is 12.4 Å². The average Bonchev–Trinajstić information content (AvgIpc) is 3.14. The van der Waals surface area contributed by atoms with E-state index in [-0.39, 0.29) is 12.2 Å². The summed E-state index contributed by atoms with van der Waals surface area (Å²) in [6, 6.07) is 12.4. The van der Waals surface area contributed by atoms with E-state index >= 15 is 0 Å². The summed E-state index contributed by atoms with van der Waals surface area (Å²) < 4.78 is 50.2. The summed E-state index contributed by atoms with van der Waals surface area (Å²) in [6.45, 7) is 3.67. The Hall–Kier alpha value is -2.21. The van der Waals surface area contributed by atoms with Crippen LogP contribution in [0, 0.1) is 0 Å². The number of halogens is 3. The van der Waals surface area contributed by atoms with Gasteiger partial charge in [-0.1, -0.05) is 18.2 Å². The normalized spacial score (nSPS) is 15.2. The van der Waals surface area contributed by atoms with Gasteiger partial charge in [-0.25, -0.2) is 0 Å². The van der Waals surface area contributed by atoms with E-state index in [4.69, 9.17) is 9.47 Å². The SMILES string of the molecule is FC(F)(F)c1ccccc1COc1ccc(OCCN2CCCC2)cc1. The Labute approximate surface area is 151 Å². The lowest BCUT2D eigenvalue weighted by Crippen LogP contribution is -2.25. The molecular weight excluding hydrogens is 343 g/mol. The Balaban J connectivity index is 1.50. The van der Waals surface area contributed by atoms with Crippen LogP contribution in [0.25, 0.3) is 0 Å². The first kappa shape index (κ1) is 18.6. The second-order valence-electron chi connectivity index (χ2n) is 6.31. The van der Waals surface area contributed by atoms with Crippen LogP contribution in [0.1, 0.15) is 24.0 Å². The highest BCUT2D eigenvalue weighted by molar-refractivity contribution is 5.33. The van der Waals surface area contributed by atoms with Gasteiger partial charge in [0.1, 0.15) is 24.7 Å². The second-order valence-corrected chi connectivity index (χ2v) is 6.31. The zero-order valence-electron chi connectivity index (χ0n) is 14.5. The zero-order valence-corrected chi connectivity index (χ0v) is 14.5. The van der Waals surface area contributed by atoms with Crippen molar-refractivity contribution >= 4 is 0 Å². The van der Waals surface area contributed by atoms with E-state index in [2.05, 4.69) is 4.90 Å². The first-order valence-electron chi connectivity index (χ1n) is 8.75. The molecular formula is C20H22F3NO2. The molecule has 1 aliphatic heterocycles. The highest BCUT2D eigenvalue weighted by Crippen LogP contribution is 2.32. The predicted octanol–water partition coefficient (Wildman–Crippen LogP) is 4.76. The van der Waals surface area contributed by atoms with Gasteiger partial charge in [0.15, 0.2) is 0 Å². The number of benzene rings is 2. The molecule has 26 heavy (non-hydrogen) atoms. The molecule has 0 amide bonds. The summed E-state index contributed by atoms with van der Waals surface area (Å²) in [5, 5.41) is 0. The molecule has 1 aliphatic rings. The number of alkyl halides is 3. The van der Waals surface area contributed by atoms with E-state index in [0.717, 1.165) is 31.5 Å². The molecule has 0 saturated carbocycles. The van der Waals surface area contributed by atoms with Gasteiger partial charge in [0.05, 0.1) is 5.56 Å². The van der Waals surface area contributed by atoms with Gasteiger partial charge in [0.25, 0.3) is 0 Å². The molecule has 0 N–H and O–H groups in total. The first-order valence-corrected chi connectivity index (χ1v) is 8.75. The van der Waals surface area contributed by atoms with E-state index in [1.165, 1.54) is 25.0 Å². The molecule has 1 saturated heterocycles. The Morgan fingerprint density at radius 2 is 1.46 bits per heavy atom. The third-order valence-electron chi connectivity index (χ3n) is 4.42. The first-order chi connectivity index (χ1) is 12.5. The third-order valence-corrected chi connectivity index (χ3v) is 4.42. The van der Waals surface area contributed by atoms with Crippen molar-refractivity contribution in [1.29, 1.82) is 0 Å². The fourth-order valence-electron chi connectivity index (χ4n) is 3.01. The van der Waals surface area contributed by atoms with Crippen molar-refractivity contribution in [3.05, 3.63) is 59.7 Å². The van der Waals surface area contributed by atoms with Gasteiger partial charge < -0.3 is 9.47 Å². The number of hydrogen-bond donors (Lipinski definition) is 0. The van der Waals surface area contributed by atoms with Crippen LogP contribution in [0.15, 0.2) is 48.5 Å². The summed E-state index contributed by atoms with van der Waals surface area (Å²) in [6.07, 6.45) is -1.88. The Morgan fingerprint density at radius 3 is 2.12 bits per heavy atom. The molecule has 0 unspecified atom stereocenters. The molecule has 2 aromatic rings. The minimum Gasteiger partial charge on any atom is -0.492 e. The second kappa shape index (κ2) is 8.45. The number of nitrogens with zero attached hydrogens (tertiary/aromatic N) is 1. The molecule has 140 valence electrons. The van der Waals surface area contributed by atoms with Crippen molar-refractivity contribution in [2.24, 2.45) is 0 Å². The van der Waals surface area contributed by atoms with Crippen molar-refractivity contribution in [3.63, 3.8) is 0 Å². The number of hydrogen-bond acceptors (Lipinski definition) is 3. The van der Waals surface area contributed by atoms with Crippen LogP contribution >= 0.6 is 0 Å². The van der Waals surface area contributed by atoms with Crippen molar-refractivity contribution < 1.29 is 22.6 Å². The summed E-state index contributed by atoms with van der Waals surface area (Å²) >= 11 is 0. The average molecular weight is 365 g/mol. The molecule has 0 bridgehead atoms. The van der Waals surface area contributed by atoms with Gasteiger partial charge in [-0.3, -0.25) is 4.90 Å². The molecule has 0 atom stereocenters. The lowest BCUT2D eigenvalue weighted by atomic mass is 10.1. The van der Waals surface area contributed by atoms with Crippen LogP contribution in [0.2, 0.25) is 0 Å². The van der Waals surface area contributed by atoms with Gasteiger partial charge in [0.2, 0.25) is 0 Å². The largest absolute Gasteiger partial charge is 0.492 e. The van der Waals surface area contributed by atoms with Crippen LogP contribution in [-0.4, -0.2) is 31.1 Å². The van der Waals surface area contributed by atoms with Crippen LogP contribution in [-0.2, 0) is 12.8 Å². The molecule has 0 radical (unpaired) electrons. The highest BCUT2D eigenvalue weighted by atomic mass is 19.4. The maximum absolute atomic E-state index is 13.0. The molecule has 0 spiro atoms. The van der Waals surface area contributed by atoms with Gasteiger partial charge >= 0.3 is 6.18 Å². The molecule has 0 aromatic heterocycles. The topological polar surface area (TPSA) is 21.7 Å². The van der Waals surface area contributed by atoms with Crippen molar-refractivity contribution in [2.75, 3.05) is 26.2 Å². The fourth-order valence-corrected chi connectivity index (χ4v) is 3.01. The Kier molecular flexibility index (Phi) is 6.04. The molecule has 3 nitrogen and oxygen atoms in total. The molecule has 6 heteroatoms. The standard InChI is InChI=1S/C20H22F3NO2/c21-20(22,23)19-6-2-1-5-16(19)15-26-18-9-7-17(8-10-18)25-14-13-24-11-3-4-12-24/h1-2,5-10H,3-4,11-15H2. The maximum Gasteiger partial charge on any atom is 0.416 e. The Morgan fingerprint density at radius 1 is 0.846 bits per heavy atom. The van der Waals surface area contributed by atoms with Crippen LogP contribution in [0.3, 0.4) is 0 Å². The van der Waals surface area contributed by atoms with Crippen molar-refractivity contribution in [3.8, 4) is 11.5 Å². The van der Waals surface area contributed by atoms with Crippen molar-refractivity contribution in [1.82, 2.24) is 4.90 Å². The summed E-state index contributed by atoms with van der Waals surface area (Å²) in [7, 11) is 0. The zero-order chi connectivity index (χ0) is 18.4. The number of likely N-dealkylation sites (tertiary alicyclic amines) is 1. The molecule has 2 aromatic carbocycles. The summed E-state index contributed by atoms with van der Waals surface area (Å²) in [4.78, 5) is 2.37. The summed E-state index contributed by atoms with van der Waals surface area (Å²) in [5.74, 6) is 1.24. The quantitative estimate of drug-likeness (QED) is 0.706. The molecule has 1 fully saturated rings. The summed E-state index contributed by atoms with van der Waals surface area (Å²) in [5.41, 5.74) is -0.548. The lowest BCUT2D eigenvalue weighted by Gasteiger charge is -2.15. The van der Waals surface area contributed by atoms with E-state index in [9.17, 15) is 13.2 Å². The van der Waals surface area contributed by atoms with E-state index < -0.39 is 11.7 Å². The minimum absolute atomic E-state index is 0.117.